The fraction of sp³-hybridized carbons (Fsp3) is 0.400. The van der Waals surface area contributed by atoms with Crippen molar-refractivity contribution in [1.29, 1.82) is 0 Å². The smallest absolute Gasteiger partial charge is 0.142 e. The molecule has 7 heavy (non-hydrogen) atoms. The molecule has 0 aliphatic carbocycles. The monoisotopic (exact) mass is 279 g/mol. The van der Waals surface area contributed by atoms with Gasteiger partial charge in [0.1, 0.15) is 6.29 Å². The van der Waals surface area contributed by atoms with Gasteiger partial charge >= 0.3 is 0 Å². The summed E-state index contributed by atoms with van der Waals surface area (Å²) in [5, 5.41) is 0. The van der Waals surface area contributed by atoms with Gasteiger partial charge in [0.15, 0.2) is 0 Å². The molecule has 0 fully saturated rings. The first-order chi connectivity index (χ1) is 2.77. The van der Waals surface area contributed by atoms with Gasteiger partial charge in [-0.3, -0.25) is 4.79 Å². The molecule has 0 heterocycles. The van der Waals surface area contributed by atoms with Gasteiger partial charge in [0.25, 0.3) is 0 Å². The third kappa shape index (κ3) is 10.7. The Morgan fingerprint density at radius 2 is 1.86 bits per heavy atom. The Kier molecular flexibility index (Phi) is 8.85. The first-order valence-corrected chi connectivity index (χ1v) is 1.86. The van der Waals surface area contributed by atoms with Gasteiger partial charge < -0.3 is 0 Å². The van der Waals surface area contributed by atoms with Gasteiger partial charge in [0, 0.05) is 21.1 Å². The Bertz CT molecular complexity index is 72.1. The normalized spacial score (nSPS) is 6.00. The van der Waals surface area contributed by atoms with E-state index in [0.29, 0.717) is 0 Å². The van der Waals surface area contributed by atoms with Gasteiger partial charge in [-0.2, -0.15) is 0 Å². The molecular formula is C5H8OPt. The summed E-state index contributed by atoms with van der Waals surface area (Å²) in [5.41, 5.74) is 1.05. The molecule has 0 aromatic carbocycles. The first kappa shape index (κ1) is 10.2. The van der Waals surface area contributed by atoms with Gasteiger partial charge in [-0.05, 0) is 19.9 Å². The van der Waals surface area contributed by atoms with Crippen molar-refractivity contribution in [3.05, 3.63) is 11.6 Å². The second-order valence-corrected chi connectivity index (χ2v) is 1.38. The van der Waals surface area contributed by atoms with Crippen LogP contribution in [0.2, 0.25) is 0 Å². The van der Waals surface area contributed by atoms with E-state index in [1.807, 2.05) is 13.8 Å². The number of hydrogen-bond donors (Lipinski definition) is 0. The quantitative estimate of drug-likeness (QED) is 0.520. The fourth-order valence-corrected chi connectivity index (χ4v) is 0.136. The van der Waals surface area contributed by atoms with Crippen LogP contribution in [0, 0.1) is 0 Å². The summed E-state index contributed by atoms with van der Waals surface area (Å²) >= 11 is 0. The van der Waals surface area contributed by atoms with Crippen LogP contribution in [0.25, 0.3) is 0 Å². The second-order valence-electron chi connectivity index (χ2n) is 1.38. The van der Waals surface area contributed by atoms with Crippen LogP contribution in [-0.4, -0.2) is 6.29 Å². The summed E-state index contributed by atoms with van der Waals surface area (Å²) in [6, 6.07) is 0. The fourth-order valence-electron chi connectivity index (χ4n) is 0.136. The van der Waals surface area contributed by atoms with Crippen molar-refractivity contribution in [3.63, 3.8) is 0 Å². The first-order valence-electron chi connectivity index (χ1n) is 1.86. The van der Waals surface area contributed by atoms with E-state index in [1.165, 1.54) is 6.08 Å². The Hall–Kier alpha value is 0.0983. The summed E-state index contributed by atoms with van der Waals surface area (Å²) in [6.07, 6.45) is 2.31. The molecule has 0 saturated carbocycles. The maximum Gasteiger partial charge on any atom is 0.142 e. The van der Waals surface area contributed by atoms with Crippen LogP contribution < -0.4 is 0 Å². The third-order valence-corrected chi connectivity index (χ3v) is 0.401. The van der Waals surface area contributed by atoms with Crippen LogP contribution >= 0.6 is 0 Å². The van der Waals surface area contributed by atoms with E-state index in [-0.39, 0.29) is 21.1 Å². The molecule has 0 atom stereocenters. The molecule has 2 heteroatoms. The number of carbonyl (C=O) groups excluding carboxylic acids is 1. The molecule has 0 aromatic heterocycles. The SMILES string of the molecule is CC(C)=CC=O.[Pt]. The number of aldehydes is 1. The number of hydrogen-bond acceptors (Lipinski definition) is 1. The summed E-state index contributed by atoms with van der Waals surface area (Å²) in [7, 11) is 0. The van der Waals surface area contributed by atoms with E-state index in [1.54, 1.807) is 0 Å². The van der Waals surface area contributed by atoms with E-state index in [2.05, 4.69) is 0 Å². The predicted molar refractivity (Wildman–Crippen MR) is 25.5 cm³/mol. The molecule has 0 spiro atoms. The maximum atomic E-state index is 9.54. The van der Waals surface area contributed by atoms with E-state index < -0.39 is 0 Å². The third-order valence-electron chi connectivity index (χ3n) is 0.401. The molecule has 0 N–H and O–H groups in total. The molecule has 44 valence electrons. The molecule has 0 radical (unpaired) electrons. The average Bonchev–Trinajstić information content (AvgIpc) is 1.35. The van der Waals surface area contributed by atoms with Crippen molar-refractivity contribution >= 4 is 6.29 Å². The predicted octanol–water partition coefficient (Wildman–Crippen LogP) is 1.15. The molecule has 0 aliphatic heterocycles. The summed E-state index contributed by atoms with van der Waals surface area (Å²) in [5.74, 6) is 0. The number of carbonyl (C=O) groups is 1. The zero-order valence-corrected chi connectivity index (χ0v) is 6.65. The average molecular weight is 279 g/mol. The van der Waals surface area contributed by atoms with Crippen molar-refractivity contribution in [2.45, 2.75) is 13.8 Å². The summed E-state index contributed by atoms with van der Waals surface area (Å²) in [6.45, 7) is 3.77. The molecule has 0 aliphatic rings. The van der Waals surface area contributed by atoms with Crippen LogP contribution in [0.3, 0.4) is 0 Å². The Morgan fingerprint density at radius 1 is 1.43 bits per heavy atom. The second kappa shape index (κ2) is 6.10. The zero-order chi connectivity index (χ0) is 4.99. The molecule has 0 saturated heterocycles. The van der Waals surface area contributed by atoms with Gasteiger partial charge in [-0.15, -0.1) is 0 Å². The van der Waals surface area contributed by atoms with Gasteiger partial charge in [0.2, 0.25) is 0 Å². The van der Waals surface area contributed by atoms with Crippen LogP contribution in [0.5, 0.6) is 0 Å². The summed E-state index contributed by atoms with van der Waals surface area (Å²) < 4.78 is 0. The molecule has 1 nitrogen and oxygen atoms in total. The van der Waals surface area contributed by atoms with Crippen molar-refractivity contribution < 1.29 is 25.9 Å². The van der Waals surface area contributed by atoms with E-state index in [4.69, 9.17) is 0 Å². The summed E-state index contributed by atoms with van der Waals surface area (Å²) in [4.78, 5) is 9.54. The molecule has 0 unspecified atom stereocenters. The van der Waals surface area contributed by atoms with Crippen molar-refractivity contribution in [1.82, 2.24) is 0 Å². The Labute approximate surface area is 58.1 Å². The molecule has 0 bridgehead atoms. The molecular weight excluding hydrogens is 271 g/mol. The minimum absolute atomic E-state index is 0. The zero-order valence-electron chi connectivity index (χ0n) is 4.38. The molecule has 0 rings (SSSR count). The minimum Gasteiger partial charge on any atom is -0.299 e. The van der Waals surface area contributed by atoms with Gasteiger partial charge in [-0.25, -0.2) is 0 Å². The van der Waals surface area contributed by atoms with E-state index in [9.17, 15) is 4.79 Å². The van der Waals surface area contributed by atoms with E-state index in [0.717, 1.165) is 11.9 Å². The van der Waals surface area contributed by atoms with Gasteiger partial charge in [0.05, 0.1) is 0 Å². The van der Waals surface area contributed by atoms with Crippen molar-refractivity contribution in [3.8, 4) is 0 Å². The number of rotatable bonds is 1. The van der Waals surface area contributed by atoms with Gasteiger partial charge in [-0.1, -0.05) is 5.57 Å². The Balaban J connectivity index is 0. The number of allylic oxidation sites excluding steroid dienone is 2. The van der Waals surface area contributed by atoms with Crippen LogP contribution in [-0.2, 0) is 25.9 Å². The standard InChI is InChI=1S/C5H8O.Pt/c1-5(2)3-4-6;/h3-4H,1-2H3;. The minimum atomic E-state index is 0. The molecule has 0 amide bonds. The van der Waals surface area contributed by atoms with Crippen molar-refractivity contribution in [2.75, 3.05) is 0 Å². The van der Waals surface area contributed by atoms with Crippen LogP contribution in [0.1, 0.15) is 13.8 Å². The van der Waals surface area contributed by atoms with Crippen molar-refractivity contribution in [2.24, 2.45) is 0 Å². The topological polar surface area (TPSA) is 17.1 Å². The van der Waals surface area contributed by atoms with Crippen LogP contribution in [0.15, 0.2) is 11.6 Å². The molecule has 0 aromatic rings. The maximum absolute atomic E-state index is 9.54. The van der Waals surface area contributed by atoms with E-state index >= 15 is 0 Å². The Morgan fingerprint density at radius 3 is 1.86 bits per heavy atom. The largest absolute Gasteiger partial charge is 0.299 e. The van der Waals surface area contributed by atoms with Crippen LogP contribution in [0.4, 0.5) is 0 Å².